The van der Waals surface area contributed by atoms with Crippen LogP contribution in [0.25, 0.3) is 0 Å². The molecule has 28 heavy (non-hydrogen) atoms. The summed E-state index contributed by atoms with van der Waals surface area (Å²) in [6.45, 7) is 2.74. The molecule has 0 radical (unpaired) electrons. The lowest BCUT2D eigenvalue weighted by molar-refractivity contribution is -0.139. The number of hydrogen-bond acceptors (Lipinski definition) is 5. The number of aliphatic hydroxyl groups excluding tert-OH is 1. The molecule has 3 rings (SSSR count). The second kappa shape index (κ2) is 10.3. The Bertz CT molecular complexity index is 726. The van der Waals surface area contributed by atoms with Gasteiger partial charge in [0.05, 0.1) is 31.9 Å². The predicted molar refractivity (Wildman–Crippen MR) is 107 cm³/mol. The fourth-order valence-corrected chi connectivity index (χ4v) is 3.49. The van der Waals surface area contributed by atoms with Gasteiger partial charge in [0.25, 0.3) is 0 Å². The number of nitrogens with one attached hydrogen (secondary N) is 2. The van der Waals surface area contributed by atoms with Crippen LogP contribution in [0.5, 0.6) is 0 Å². The second-order valence-electron chi connectivity index (χ2n) is 7.03. The van der Waals surface area contributed by atoms with E-state index in [0.29, 0.717) is 19.8 Å². The van der Waals surface area contributed by atoms with E-state index in [9.17, 15) is 9.90 Å². The summed E-state index contributed by atoms with van der Waals surface area (Å²) in [5.74, 6) is -0.121. The Balaban J connectivity index is 1.75. The van der Waals surface area contributed by atoms with Crippen molar-refractivity contribution in [1.82, 2.24) is 10.6 Å². The van der Waals surface area contributed by atoms with E-state index in [2.05, 4.69) is 10.6 Å². The molecule has 1 fully saturated rings. The largest absolute Gasteiger partial charge is 0.395 e. The highest BCUT2D eigenvalue weighted by Gasteiger charge is 2.41. The highest BCUT2D eigenvalue weighted by atomic mass is 16.5. The van der Waals surface area contributed by atoms with Crippen LogP contribution in [0.15, 0.2) is 60.7 Å². The molecule has 0 aromatic heterocycles. The molecule has 0 spiro atoms. The summed E-state index contributed by atoms with van der Waals surface area (Å²) in [6, 6.07) is 19.2. The Labute approximate surface area is 165 Å². The van der Waals surface area contributed by atoms with Crippen LogP contribution >= 0.6 is 0 Å². The van der Waals surface area contributed by atoms with Crippen LogP contribution in [0, 0.1) is 0 Å². The normalized spacial score (nSPS) is 24.6. The molecule has 2 aromatic carbocycles. The lowest BCUT2D eigenvalue weighted by Crippen LogP contribution is -2.66. The van der Waals surface area contributed by atoms with Gasteiger partial charge in [0.15, 0.2) is 0 Å². The third kappa shape index (κ3) is 5.62. The average molecular weight is 384 g/mol. The van der Waals surface area contributed by atoms with Gasteiger partial charge in [-0.15, -0.1) is 0 Å². The van der Waals surface area contributed by atoms with Crippen molar-refractivity contribution in [3.05, 3.63) is 71.8 Å². The molecule has 4 atom stereocenters. The monoisotopic (exact) mass is 384 g/mol. The summed E-state index contributed by atoms with van der Waals surface area (Å²) in [5, 5.41) is 16.1. The van der Waals surface area contributed by atoms with Gasteiger partial charge < -0.3 is 25.2 Å². The standard InChI is InChI=1S/C22H28N2O4/c1-16(26)24-19-12-23-20(13-25)22(28-15-18-10-6-3-7-11-18)21(19)27-14-17-8-4-2-5-9-17/h2-11,19-23,25H,12-15H2,1H3,(H,24,26)/t19-,20-,21-,22-/m1/s1. The molecule has 1 amide bonds. The summed E-state index contributed by atoms with van der Waals surface area (Å²) in [5.41, 5.74) is 2.09. The number of benzene rings is 2. The fourth-order valence-electron chi connectivity index (χ4n) is 3.49. The zero-order valence-electron chi connectivity index (χ0n) is 16.1. The molecule has 1 aliphatic heterocycles. The predicted octanol–water partition coefficient (Wildman–Crippen LogP) is 1.63. The van der Waals surface area contributed by atoms with E-state index >= 15 is 0 Å². The number of ether oxygens (including phenoxy) is 2. The number of amides is 1. The first-order valence-electron chi connectivity index (χ1n) is 9.59. The van der Waals surface area contributed by atoms with E-state index in [4.69, 9.17) is 9.47 Å². The Morgan fingerprint density at radius 3 is 2.04 bits per heavy atom. The summed E-state index contributed by atoms with van der Waals surface area (Å²) in [7, 11) is 0. The third-order valence-electron chi connectivity index (χ3n) is 4.87. The highest BCUT2D eigenvalue weighted by molar-refractivity contribution is 5.73. The fraction of sp³-hybridized carbons (Fsp3) is 0.409. The minimum atomic E-state index is -0.403. The van der Waals surface area contributed by atoms with Gasteiger partial charge in [-0.25, -0.2) is 0 Å². The summed E-state index contributed by atoms with van der Waals surface area (Å²) >= 11 is 0. The molecule has 6 nitrogen and oxygen atoms in total. The highest BCUT2D eigenvalue weighted by Crippen LogP contribution is 2.21. The minimum Gasteiger partial charge on any atom is -0.395 e. The molecule has 150 valence electrons. The van der Waals surface area contributed by atoms with Gasteiger partial charge >= 0.3 is 0 Å². The number of carbonyl (C=O) groups is 1. The molecule has 0 bridgehead atoms. The van der Waals surface area contributed by atoms with Crippen molar-refractivity contribution in [3.63, 3.8) is 0 Å². The second-order valence-corrected chi connectivity index (χ2v) is 7.03. The van der Waals surface area contributed by atoms with Crippen LogP contribution in [0.2, 0.25) is 0 Å². The number of aliphatic hydroxyl groups is 1. The SMILES string of the molecule is CC(=O)N[C@@H]1CN[C@H](CO)[C@@H](OCc2ccccc2)[C@@H]1OCc1ccccc1. The van der Waals surface area contributed by atoms with Gasteiger partial charge in [-0.1, -0.05) is 60.7 Å². The van der Waals surface area contributed by atoms with E-state index in [1.807, 2.05) is 60.7 Å². The van der Waals surface area contributed by atoms with Crippen molar-refractivity contribution in [1.29, 1.82) is 0 Å². The summed E-state index contributed by atoms with van der Waals surface area (Å²) < 4.78 is 12.4. The van der Waals surface area contributed by atoms with Crippen LogP contribution in [-0.2, 0) is 27.5 Å². The average Bonchev–Trinajstić information content (AvgIpc) is 2.72. The first-order valence-corrected chi connectivity index (χ1v) is 9.59. The number of carbonyl (C=O) groups excluding carboxylic acids is 1. The third-order valence-corrected chi connectivity index (χ3v) is 4.87. The zero-order chi connectivity index (χ0) is 19.8. The molecule has 1 aliphatic rings. The molecule has 6 heteroatoms. The summed E-state index contributed by atoms with van der Waals surface area (Å²) in [6.07, 6.45) is -0.786. The van der Waals surface area contributed by atoms with E-state index in [1.165, 1.54) is 6.92 Å². The Hall–Kier alpha value is -2.25. The molecule has 1 saturated heterocycles. The van der Waals surface area contributed by atoms with Crippen LogP contribution in [0.3, 0.4) is 0 Å². The number of hydrogen-bond donors (Lipinski definition) is 3. The molecule has 0 aliphatic carbocycles. The van der Waals surface area contributed by atoms with Crippen molar-refractivity contribution in [3.8, 4) is 0 Å². The Morgan fingerprint density at radius 1 is 1.00 bits per heavy atom. The Morgan fingerprint density at radius 2 is 1.54 bits per heavy atom. The first kappa shape index (κ1) is 20.5. The van der Waals surface area contributed by atoms with Crippen LogP contribution in [0.4, 0.5) is 0 Å². The van der Waals surface area contributed by atoms with E-state index in [1.54, 1.807) is 0 Å². The van der Waals surface area contributed by atoms with Gasteiger partial charge in [-0.05, 0) is 11.1 Å². The maximum Gasteiger partial charge on any atom is 0.217 e. The van der Waals surface area contributed by atoms with Gasteiger partial charge in [0.2, 0.25) is 5.91 Å². The van der Waals surface area contributed by atoms with Crippen molar-refractivity contribution < 1.29 is 19.4 Å². The molecule has 3 N–H and O–H groups in total. The van der Waals surface area contributed by atoms with Crippen LogP contribution in [0.1, 0.15) is 18.1 Å². The maximum absolute atomic E-state index is 11.7. The molecule has 2 aromatic rings. The lowest BCUT2D eigenvalue weighted by Gasteiger charge is -2.42. The lowest BCUT2D eigenvalue weighted by atomic mass is 9.93. The van der Waals surface area contributed by atoms with E-state index in [0.717, 1.165) is 11.1 Å². The van der Waals surface area contributed by atoms with E-state index < -0.39 is 6.10 Å². The van der Waals surface area contributed by atoms with Gasteiger partial charge in [0.1, 0.15) is 12.2 Å². The smallest absolute Gasteiger partial charge is 0.217 e. The zero-order valence-corrected chi connectivity index (χ0v) is 16.1. The Kier molecular flexibility index (Phi) is 7.56. The van der Waals surface area contributed by atoms with Crippen molar-refractivity contribution >= 4 is 5.91 Å². The van der Waals surface area contributed by atoms with Crippen LogP contribution < -0.4 is 10.6 Å². The van der Waals surface area contributed by atoms with Crippen molar-refractivity contribution in [2.24, 2.45) is 0 Å². The van der Waals surface area contributed by atoms with Crippen molar-refractivity contribution in [2.75, 3.05) is 13.2 Å². The molecule has 0 saturated carbocycles. The molecular weight excluding hydrogens is 356 g/mol. The maximum atomic E-state index is 11.7. The molecule has 1 heterocycles. The summed E-state index contributed by atoms with van der Waals surface area (Å²) in [4.78, 5) is 11.7. The molecular formula is C22H28N2O4. The van der Waals surface area contributed by atoms with Gasteiger partial charge in [-0.2, -0.15) is 0 Å². The van der Waals surface area contributed by atoms with Gasteiger partial charge in [-0.3, -0.25) is 4.79 Å². The number of piperidine rings is 1. The molecule has 0 unspecified atom stereocenters. The van der Waals surface area contributed by atoms with Gasteiger partial charge in [0, 0.05) is 13.5 Å². The van der Waals surface area contributed by atoms with Crippen LogP contribution in [-0.4, -0.2) is 48.5 Å². The first-order chi connectivity index (χ1) is 13.7. The quantitative estimate of drug-likeness (QED) is 0.645. The van der Waals surface area contributed by atoms with Crippen molar-refractivity contribution in [2.45, 2.75) is 44.4 Å². The minimum absolute atomic E-state index is 0.0720. The number of rotatable bonds is 8. The van der Waals surface area contributed by atoms with E-state index in [-0.39, 0.29) is 30.7 Å². The topological polar surface area (TPSA) is 79.8 Å².